The van der Waals surface area contributed by atoms with Crippen LogP contribution in [0.2, 0.25) is 0 Å². The maximum atomic E-state index is 12.2. The molecule has 1 aromatic carbocycles. The van der Waals surface area contributed by atoms with Gasteiger partial charge in [0.15, 0.2) is 11.6 Å². The first-order chi connectivity index (χ1) is 11.9. The number of imidazole rings is 1. The Morgan fingerprint density at radius 3 is 2.52 bits per heavy atom. The van der Waals surface area contributed by atoms with Crippen LogP contribution in [0.5, 0.6) is 5.75 Å². The standard InChI is InChI=1S/C17H22N4O4/c1-25-13-4-2-10(3-5-13)6-11(18)7-15(22)16-20-9-12(21-16)8-14(19)17(23)24/h2-5,9,11,14H,6-8,18-19H2,1H3,(H,20,21)(H,23,24)/t11-,14-/m0/s1. The van der Waals surface area contributed by atoms with E-state index in [2.05, 4.69) is 9.97 Å². The quantitative estimate of drug-likeness (QED) is 0.484. The third-order valence-electron chi connectivity index (χ3n) is 3.75. The van der Waals surface area contributed by atoms with Crippen molar-refractivity contribution in [2.75, 3.05) is 7.11 Å². The fourth-order valence-electron chi connectivity index (χ4n) is 2.40. The molecule has 25 heavy (non-hydrogen) atoms. The number of nitrogens with one attached hydrogen (secondary N) is 1. The molecule has 0 aliphatic rings. The topological polar surface area (TPSA) is 144 Å². The molecule has 2 atom stereocenters. The SMILES string of the molecule is COc1ccc(C[C@H](N)CC(=O)c2ncc(C[C@H](N)C(=O)O)[nH]2)cc1. The summed E-state index contributed by atoms with van der Waals surface area (Å²) >= 11 is 0. The van der Waals surface area contributed by atoms with E-state index in [0.717, 1.165) is 11.3 Å². The summed E-state index contributed by atoms with van der Waals surface area (Å²) in [4.78, 5) is 29.8. The zero-order valence-electron chi connectivity index (χ0n) is 13.9. The number of nitrogens with zero attached hydrogens (tertiary/aromatic N) is 1. The van der Waals surface area contributed by atoms with Crippen molar-refractivity contribution in [3.8, 4) is 5.75 Å². The average molecular weight is 346 g/mol. The van der Waals surface area contributed by atoms with E-state index in [0.29, 0.717) is 12.1 Å². The van der Waals surface area contributed by atoms with Crippen LogP contribution in [0, 0.1) is 0 Å². The van der Waals surface area contributed by atoms with Crippen molar-refractivity contribution >= 4 is 11.8 Å². The summed E-state index contributed by atoms with van der Waals surface area (Å²) in [6.07, 6.45) is 2.18. The molecule has 6 N–H and O–H groups in total. The average Bonchev–Trinajstić information content (AvgIpc) is 3.04. The number of aliphatic carboxylic acids is 1. The maximum Gasteiger partial charge on any atom is 0.320 e. The summed E-state index contributed by atoms with van der Waals surface area (Å²) in [5, 5.41) is 8.80. The number of carboxylic acid groups (broad SMARTS) is 1. The van der Waals surface area contributed by atoms with E-state index < -0.39 is 12.0 Å². The Bertz CT molecular complexity index is 727. The highest BCUT2D eigenvalue weighted by Crippen LogP contribution is 2.14. The Hall–Kier alpha value is -2.71. The molecular weight excluding hydrogens is 324 g/mol. The fraction of sp³-hybridized carbons (Fsp3) is 0.353. The number of aromatic nitrogens is 2. The van der Waals surface area contributed by atoms with Crippen molar-refractivity contribution in [3.05, 3.63) is 47.5 Å². The van der Waals surface area contributed by atoms with Gasteiger partial charge in [0.05, 0.1) is 7.11 Å². The lowest BCUT2D eigenvalue weighted by atomic mass is 10.0. The maximum absolute atomic E-state index is 12.2. The van der Waals surface area contributed by atoms with E-state index in [1.54, 1.807) is 7.11 Å². The molecule has 2 rings (SSSR count). The van der Waals surface area contributed by atoms with Gasteiger partial charge in [-0.15, -0.1) is 0 Å². The van der Waals surface area contributed by atoms with Crippen LogP contribution >= 0.6 is 0 Å². The number of carbonyl (C=O) groups is 2. The minimum Gasteiger partial charge on any atom is -0.497 e. The van der Waals surface area contributed by atoms with Crippen LogP contribution in [0.25, 0.3) is 0 Å². The van der Waals surface area contributed by atoms with Gasteiger partial charge in [-0.1, -0.05) is 12.1 Å². The van der Waals surface area contributed by atoms with Crippen molar-refractivity contribution in [2.45, 2.75) is 31.3 Å². The number of nitrogens with two attached hydrogens (primary N) is 2. The minimum atomic E-state index is -1.11. The third kappa shape index (κ3) is 5.40. The van der Waals surface area contributed by atoms with Crippen LogP contribution in [0.3, 0.4) is 0 Å². The zero-order valence-corrected chi connectivity index (χ0v) is 13.9. The van der Waals surface area contributed by atoms with Gasteiger partial charge in [0.25, 0.3) is 0 Å². The van der Waals surface area contributed by atoms with Crippen LogP contribution in [0.15, 0.2) is 30.5 Å². The fourth-order valence-corrected chi connectivity index (χ4v) is 2.40. The van der Waals surface area contributed by atoms with Crippen molar-refractivity contribution in [1.82, 2.24) is 9.97 Å². The molecule has 0 aliphatic heterocycles. The van der Waals surface area contributed by atoms with Gasteiger partial charge < -0.3 is 26.3 Å². The summed E-state index contributed by atoms with van der Waals surface area (Å²) in [5.74, 6) is -0.408. The molecule has 0 saturated heterocycles. The number of methoxy groups -OCH3 is 1. The number of Topliss-reactive ketones (excluding diaryl/α,β-unsaturated/α-hetero) is 1. The normalized spacial score (nSPS) is 13.2. The molecule has 1 aromatic heterocycles. The Labute approximate surface area is 145 Å². The van der Waals surface area contributed by atoms with Crippen LogP contribution in [0.4, 0.5) is 0 Å². The molecule has 0 fully saturated rings. The summed E-state index contributed by atoms with van der Waals surface area (Å²) in [5.41, 5.74) is 13.0. The number of carbonyl (C=O) groups excluding carboxylic acids is 1. The molecule has 0 aliphatic carbocycles. The zero-order chi connectivity index (χ0) is 18.4. The first-order valence-electron chi connectivity index (χ1n) is 7.83. The Kier molecular flexibility index (Phi) is 6.26. The Morgan fingerprint density at radius 1 is 1.24 bits per heavy atom. The van der Waals surface area contributed by atoms with Crippen LogP contribution in [-0.4, -0.2) is 46.0 Å². The molecular formula is C17H22N4O4. The van der Waals surface area contributed by atoms with E-state index in [1.165, 1.54) is 6.20 Å². The number of ether oxygens (including phenoxy) is 1. The molecule has 0 amide bonds. The molecule has 0 bridgehead atoms. The smallest absolute Gasteiger partial charge is 0.320 e. The van der Waals surface area contributed by atoms with Gasteiger partial charge in [0.1, 0.15) is 11.8 Å². The summed E-state index contributed by atoms with van der Waals surface area (Å²) in [6.45, 7) is 0. The molecule has 0 radical (unpaired) electrons. The van der Waals surface area contributed by atoms with Crippen LogP contribution < -0.4 is 16.2 Å². The number of rotatable bonds is 9. The van der Waals surface area contributed by atoms with Crippen molar-refractivity contribution in [1.29, 1.82) is 0 Å². The Morgan fingerprint density at radius 2 is 1.92 bits per heavy atom. The Balaban J connectivity index is 1.90. The van der Waals surface area contributed by atoms with E-state index >= 15 is 0 Å². The number of hydrogen-bond donors (Lipinski definition) is 4. The third-order valence-corrected chi connectivity index (χ3v) is 3.75. The van der Waals surface area contributed by atoms with E-state index in [1.807, 2.05) is 24.3 Å². The number of benzene rings is 1. The second-order valence-corrected chi connectivity index (χ2v) is 5.85. The lowest BCUT2D eigenvalue weighted by Gasteiger charge is -2.10. The van der Waals surface area contributed by atoms with Gasteiger partial charge in [-0.05, 0) is 24.1 Å². The number of hydrogen-bond acceptors (Lipinski definition) is 6. The molecule has 1 heterocycles. The van der Waals surface area contributed by atoms with Gasteiger partial charge >= 0.3 is 5.97 Å². The minimum absolute atomic E-state index is 0.0769. The number of ketones is 1. The van der Waals surface area contributed by atoms with E-state index in [-0.39, 0.29) is 30.5 Å². The summed E-state index contributed by atoms with van der Waals surface area (Å²) in [6, 6.07) is 6.10. The molecule has 0 spiro atoms. The number of aromatic amines is 1. The highest BCUT2D eigenvalue weighted by atomic mass is 16.5. The van der Waals surface area contributed by atoms with Gasteiger partial charge in [0.2, 0.25) is 0 Å². The van der Waals surface area contributed by atoms with Crippen molar-refractivity contribution in [3.63, 3.8) is 0 Å². The van der Waals surface area contributed by atoms with Gasteiger partial charge in [-0.3, -0.25) is 9.59 Å². The second-order valence-electron chi connectivity index (χ2n) is 5.85. The highest BCUT2D eigenvalue weighted by Gasteiger charge is 2.18. The molecule has 8 nitrogen and oxygen atoms in total. The van der Waals surface area contributed by atoms with Gasteiger partial charge in [-0.25, -0.2) is 4.98 Å². The molecule has 2 aromatic rings. The first kappa shape index (κ1) is 18.6. The van der Waals surface area contributed by atoms with Gasteiger partial charge in [0, 0.05) is 30.8 Å². The summed E-state index contributed by atoms with van der Waals surface area (Å²) in [7, 11) is 1.60. The highest BCUT2D eigenvalue weighted by molar-refractivity contribution is 5.93. The largest absolute Gasteiger partial charge is 0.497 e. The van der Waals surface area contributed by atoms with Crippen molar-refractivity contribution in [2.24, 2.45) is 11.5 Å². The van der Waals surface area contributed by atoms with Gasteiger partial charge in [-0.2, -0.15) is 0 Å². The predicted molar refractivity (Wildman–Crippen MR) is 91.5 cm³/mol. The second kappa shape index (κ2) is 8.41. The molecule has 0 unspecified atom stereocenters. The lowest BCUT2D eigenvalue weighted by molar-refractivity contribution is -0.138. The number of carboxylic acids is 1. The molecule has 8 heteroatoms. The lowest BCUT2D eigenvalue weighted by Crippen LogP contribution is -2.32. The van der Waals surface area contributed by atoms with E-state index in [9.17, 15) is 9.59 Å². The summed E-state index contributed by atoms with van der Waals surface area (Å²) < 4.78 is 5.10. The molecule has 0 saturated carbocycles. The molecule has 134 valence electrons. The van der Waals surface area contributed by atoms with E-state index in [4.69, 9.17) is 21.3 Å². The van der Waals surface area contributed by atoms with Crippen LogP contribution in [-0.2, 0) is 17.6 Å². The predicted octanol–water partition coefficient (Wildman–Crippen LogP) is 0.516. The number of H-pyrrole nitrogens is 1. The van der Waals surface area contributed by atoms with Crippen molar-refractivity contribution < 1.29 is 19.4 Å². The monoisotopic (exact) mass is 346 g/mol. The van der Waals surface area contributed by atoms with Crippen LogP contribution in [0.1, 0.15) is 28.3 Å². The first-order valence-corrected chi connectivity index (χ1v) is 7.83.